The largest absolute Gasteiger partial charge is 0.288 e. The van der Waals surface area contributed by atoms with Crippen LogP contribution in [0.25, 0.3) is 10.9 Å². The number of nitrogens with zero attached hydrogens (tertiary/aromatic N) is 1. The van der Waals surface area contributed by atoms with Gasteiger partial charge in [-0.1, -0.05) is 46.3 Å². The molecule has 2 nitrogen and oxygen atoms in total. The summed E-state index contributed by atoms with van der Waals surface area (Å²) in [5.74, 6) is -0.00919. The molecule has 0 N–H and O–H groups in total. The van der Waals surface area contributed by atoms with Crippen LogP contribution in [0.5, 0.6) is 0 Å². The van der Waals surface area contributed by atoms with Crippen LogP contribution in [-0.2, 0) is 0 Å². The molecule has 3 aromatic rings. The van der Waals surface area contributed by atoms with Gasteiger partial charge in [-0.15, -0.1) is 11.8 Å². The highest BCUT2D eigenvalue weighted by atomic mass is 79.9. The van der Waals surface area contributed by atoms with Gasteiger partial charge in [0.25, 0.3) is 0 Å². The van der Waals surface area contributed by atoms with Crippen molar-refractivity contribution in [3.63, 3.8) is 0 Å². The van der Waals surface area contributed by atoms with E-state index in [1.54, 1.807) is 0 Å². The Morgan fingerprint density at radius 2 is 1.76 bits per heavy atom. The first-order chi connectivity index (χ1) is 10.2. The summed E-state index contributed by atoms with van der Waals surface area (Å²) in [6.45, 7) is 0. The lowest BCUT2D eigenvalue weighted by atomic mass is 10.0. The number of fused-ring (bicyclic) bond motifs is 1. The topological polar surface area (TPSA) is 30.0 Å². The quantitative estimate of drug-likeness (QED) is 0.490. The summed E-state index contributed by atoms with van der Waals surface area (Å²) in [6.07, 6.45) is 1.94. The smallest absolute Gasteiger partial charge is 0.196 e. The number of ketones is 1. The van der Waals surface area contributed by atoms with Gasteiger partial charge < -0.3 is 0 Å². The fraction of sp³-hybridized carbons (Fsp3) is 0.0588. The molecule has 0 spiro atoms. The molecule has 4 heteroatoms. The van der Waals surface area contributed by atoms with E-state index in [9.17, 15) is 4.79 Å². The lowest BCUT2D eigenvalue weighted by molar-refractivity contribution is 0.103. The molecule has 0 unspecified atom stereocenters. The fourth-order valence-corrected chi connectivity index (χ4v) is 3.23. The average molecular weight is 358 g/mol. The van der Waals surface area contributed by atoms with Crippen LogP contribution in [0.4, 0.5) is 0 Å². The van der Waals surface area contributed by atoms with E-state index in [-0.39, 0.29) is 5.78 Å². The number of hydrogen-bond donors (Lipinski definition) is 0. The lowest BCUT2D eigenvalue weighted by Gasteiger charge is -2.09. The zero-order valence-electron chi connectivity index (χ0n) is 11.3. The van der Waals surface area contributed by atoms with Gasteiger partial charge in [0.2, 0.25) is 0 Å². The third kappa shape index (κ3) is 2.74. The number of thioether (sulfide) groups is 1. The molecule has 1 aromatic heterocycles. The fourth-order valence-electron chi connectivity index (χ4n) is 2.21. The number of carbonyl (C=O) groups excluding carboxylic acids is 1. The van der Waals surface area contributed by atoms with Crippen LogP contribution in [0, 0.1) is 0 Å². The van der Waals surface area contributed by atoms with Gasteiger partial charge in [0.1, 0.15) is 5.03 Å². The van der Waals surface area contributed by atoms with Crippen molar-refractivity contribution in [1.29, 1.82) is 0 Å². The van der Waals surface area contributed by atoms with E-state index in [0.29, 0.717) is 11.1 Å². The Morgan fingerprint density at radius 3 is 2.52 bits per heavy atom. The number of pyridine rings is 1. The molecule has 21 heavy (non-hydrogen) atoms. The lowest BCUT2D eigenvalue weighted by Crippen LogP contribution is -2.05. The van der Waals surface area contributed by atoms with Crippen LogP contribution in [-0.4, -0.2) is 17.0 Å². The van der Waals surface area contributed by atoms with Crippen LogP contribution in [0.15, 0.2) is 64.1 Å². The van der Waals surface area contributed by atoms with Crippen molar-refractivity contribution >= 4 is 44.4 Å². The number of halogens is 1. The van der Waals surface area contributed by atoms with Gasteiger partial charge in [-0.3, -0.25) is 4.79 Å². The Kier molecular flexibility index (Phi) is 4.08. The van der Waals surface area contributed by atoms with Crippen LogP contribution in [0.2, 0.25) is 0 Å². The molecule has 0 radical (unpaired) electrons. The monoisotopic (exact) mass is 357 g/mol. The second-order valence-corrected chi connectivity index (χ2v) is 6.20. The minimum atomic E-state index is -0.00919. The summed E-state index contributed by atoms with van der Waals surface area (Å²) in [5.41, 5.74) is 2.21. The first kappa shape index (κ1) is 14.3. The second-order valence-electron chi connectivity index (χ2n) is 4.55. The first-order valence-corrected chi connectivity index (χ1v) is 8.45. The maximum Gasteiger partial charge on any atom is 0.196 e. The molecule has 0 fully saturated rings. The molecule has 0 saturated heterocycles. The van der Waals surface area contributed by atoms with E-state index < -0.39 is 0 Å². The van der Waals surface area contributed by atoms with E-state index in [1.165, 1.54) is 11.8 Å². The molecule has 2 aromatic carbocycles. The number of aromatic nitrogens is 1. The molecule has 0 aliphatic heterocycles. The number of para-hydroxylation sites is 1. The van der Waals surface area contributed by atoms with Crippen molar-refractivity contribution < 1.29 is 4.79 Å². The minimum absolute atomic E-state index is 0.00919. The zero-order chi connectivity index (χ0) is 14.8. The number of carbonyl (C=O) groups is 1. The Labute approximate surface area is 135 Å². The van der Waals surface area contributed by atoms with Crippen molar-refractivity contribution in [1.82, 2.24) is 4.98 Å². The molecule has 3 rings (SSSR count). The van der Waals surface area contributed by atoms with Crippen molar-refractivity contribution in [2.24, 2.45) is 0 Å². The van der Waals surface area contributed by atoms with Crippen molar-refractivity contribution in [3.8, 4) is 0 Å². The van der Waals surface area contributed by atoms with Gasteiger partial charge in [-0.2, -0.15) is 0 Å². The first-order valence-electron chi connectivity index (χ1n) is 6.43. The van der Waals surface area contributed by atoms with Gasteiger partial charge in [-0.25, -0.2) is 4.98 Å². The van der Waals surface area contributed by atoms with Crippen LogP contribution in [0.3, 0.4) is 0 Å². The Hall–Kier alpha value is -1.65. The Bertz CT molecular complexity index is 832. The molecule has 0 amide bonds. The van der Waals surface area contributed by atoms with Gasteiger partial charge in [0.15, 0.2) is 5.78 Å². The summed E-state index contributed by atoms with van der Waals surface area (Å²) >= 11 is 4.93. The van der Waals surface area contributed by atoms with Gasteiger partial charge in [-0.05, 0) is 30.5 Å². The highest BCUT2D eigenvalue weighted by molar-refractivity contribution is 9.10. The molecular weight excluding hydrogens is 346 g/mol. The molecule has 104 valence electrons. The van der Waals surface area contributed by atoms with E-state index >= 15 is 0 Å². The molecule has 0 atom stereocenters. The van der Waals surface area contributed by atoms with Crippen molar-refractivity contribution in [2.75, 3.05) is 6.26 Å². The Morgan fingerprint density at radius 1 is 1.05 bits per heavy atom. The summed E-state index contributed by atoms with van der Waals surface area (Å²) < 4.78 is 0.801. The molecular formula is C17H12BrNOS. The van der Waals surface area contributed by atoms with Crippen LogP contribution < -0.4 is 0 Å². The van der Waals surface area contributed by atoms with E-state index in [4.69, 9.17) is 0 Å². The van der Waals surface area contributed by atoms with Gasteiger partial charge in [0, 0.05) is 15.4 Å². The molecule has 0 bridgehead atoms. The maximum atomic E-state index is 12.8. The number of hydrogen-bond acceptors (Lipinski definition) is 3. The highest BCUT2D eigenvalue weighted by Crippen LogP contribution is 2.27. The van der Waals surface area contributed by atoms with Gasteiger partial charge in [0.05, 0.1) is 11.1 Å². The van der Waals surface area contributed by atoms with Crippen molar-refractivity contribution in [2.45, 2.75) is 5.03 Å². The normalized spacial score (nSPS) is 10.8. The third-order valence-corrected chi connectivity index (χ3v) is 4.63. The van der Waals surface area contributed by atoms with Crippen LogP contribution in [0.1, 0.15) is 15.9 Å². The standard InChI is InChI=1S/C17H12BrNOS/c1-21-17-13(10-11-6-2-5-9-15(11)19-17)16(20)12-7-3-4-8-14(12)18/h2-10H,1H3. The molecule has 1 heterocycles. The van der Waals surface area contributed by atoms with Gasteiger partial charge >= 0.3 is 0 Å². The van der Waals surface area contributed by atoms with Crippen molar-refractivity contribution in [3.05, 3.63) is 70.2 Å². The molecule has 0 aliphatic carbocycles. The summed E-state index contributed by atoms with van der Waals surface area (Å²) in [6, 6.07) is 17.2. The maximum absolute atomic E-state index is 12.8. The average Bonchev–Trinajstić information content (AvgIpc) is 2.53. The number of rotatable bonds is 3. The minimum Gasteiger partial charge on any atom is -0.288 e. The summed E-state index contributed by atoms with van der Waals surface area (Å²) in [5, 5.41) is 1.74. The van der Waals surface area contributed by atoms with E-state index in [1.807, 2.05) is 60.9 Å². The SMILES string of the molecule is CSc1nc2ccccc2cc1C(=O)c1ccccc1Br. The molecule has 0 aliphatic rings. The summed E-state index contributed by atoms with van der Waals surface area (Å²) in [4.78, 5) is 17.4. The Balaban J connectivity index is 2.19. The van der Waals surface area contributed by atoms with E-state index in [2.05, 4.69) is 20.9 Å². The molecule has 0 saturated carbocycles. The highest BCUT2D eigenvalue weighted by Gasteiger charge is 2.17. The summed E-state index contributed by atoms with van der Waals surface area (Å²) in [7, 11) is 0. The predicted molar refractivity (Wildman–Crippen MR) is 91.1 cm³/mol. The van der Waals surface area contributed by atoms with E-state index in [0.717, 1.165) is 20.4 Å². The second kappa shape index (κ2) is 6.00. The third-order valence-electron chi connectivity index (χ3n) is 3.25. The predicted octanol–water partition coefficient (Wildman–Crippen LogP) is 4.95. The zero-order valence-corrected chi connectivity index (χ0v) is 13.7. The number of benzene rings is 2. The van der Waals surface area contributed by atoms with Crippen LogP contribution >= 0.6 is 27.7 Å².